The van der Waals surface area contributed by atoms with Gasteiger partial charge in [-0.05, 0) is 61.4 Å². The van der Waals surface area contributed by atoms with Crippen LogP contribution in [0.15, 0.2) is 23.3 Å². The van der Waals surface area contributed by atoms with Gasteiger partial charge in [-0.25, -0.2) is 0 Å². The predicted molar refractivity (Wildman–Crippen MR) is 127 cm³/mol. The van der Waals surface area contributed by atoms with Crippen molar-refractivity contribution < 1.29 is 18.8 Å². The molecular weight excluding hydrogens is 392 g/mol. The highest BCUT2D eigenvalue weighted by molar-refractivity contribution is 6.74. The molecular formula is C25H44O4Si. The van der Waals surface area contributed by atoms with Gasteiger partial charge in [-0.15, -0.1) is 0 Å². The highest BCUT2D eigenvalue weighted by Crippen LogP contribution is 2.38. The zero-order valence-corrected chi connectivity index (χ0v) is 21.4. The first kappa shape index (κ1) is 26.8. The average Bonchev–Trinajstić information content (AvgIpc) is 3.02. The first-order chi connectivity index (χ1) is 14.0. The monoisotopic (exact) mass is 436 g/mol. The lowest BCUT2D eigenvalue weighted by atomic mass is 10.0. The summed E-state index contributed by atoms with van der Waals surface area (Å²) in [4.78, 5) is 23.5. The molecule has 0 heterocycles. The summed E-state index contributed by atoms with van der Waals surface area (Å²) in [6, 6.07) is 0. The second-order valence-electron chi connectivity index (χ2n) is 9.95. The molecule has 1 aliphatic carbocycles. The van der Waals surface area contributed by atoms with Crippen LogP contribution in [0.5, 0.6) is 0 Å². The van der Waals surface area contributed by atoms with Gasteiger partial charge in [0.05, 0.1) is 13.2 Å². The average molecular weight is 437 g/mol. The molecule has 1 atom stereocenters. The Morgan fingerprint density at radius 1 is 1.10 bits per heavy atom. The van der Waals surface area contributed by atoms with E-state index in [1.807, 2.05) is 0 Å². The van der Waals surface area contributed by atoms with Gasteiger partial charge in [0.15, 0.2) is 14.1 Å². The molecule has 1 unspecified atom stereocenters. The van der Waals surface area contributed by atoms with Crippen molar-refractivity contribution in [3.8, 4) is 0 Å². The third kappa shape index (κ3) is 8.89. The van der Waals surface area contributed by atoms with Gasteiger partial charge in [0.1, 0.15) is 0 Å². The van der Waals surface area contributed by atoms with Gasteiger partial charge >= 0.3 is 5.97 Å². The van der Waals surface area contributed by atoms with Gasteiger partial charge in [-0.2, -0.15) is 0 Å². The molecule has 0 bridgehead atoms. The maximum atomic E-state index is 12.4. The van der Waals surface area contributed by atoms with E-state index in [-0.39, 0.29) is 17.1 Å². The minimum absolute atomic E-state index is 0.116. The lowest BCUT2D eigenvalue weighted by Gasteiger charge is -2.38. The van der Waals surface area contributed by atoms with Gasteiger partial charge in [-0.1, -0.05) is 59.1 Å². The van der Waals surface area contributed by atoms with Crippen LogP contribution in [0, 0.1) is 0 Å². The van der Waals surface area contributed by atoms with Crippen LogP contribution < -0.4 is 0 Å². The first-order valence-corrected chi connectivity index (χ1v) is 14.6. The van der Waals surface area contributed by atoms with E-state index in [9.17, 15) is 9.59 Å². The minimum atomic E-state index is -1.81. The summed E-state index contributed by atoms with van der Waals surface area (Å²) >= 11 is 0. The van der Waals surface area contributed by atoms with Crippen molar-refractivity contribution in [3.05, 3.63) is 23.3 Å². The van der Waals surface area contributed by atoms with Crippen LogP contribution in [0.25, 0.3) is 0 Å². The van der Waals surface area contributed by atoms with E-state index in [0.717, 1.165) is 56.9 Å². The van der Waals surface area contributed by atoms with Gasteiger partial charge in [-0.3, -0.25) is 9.59 Å². The number of unbranched alkanes of at least 4 members (excludes halogenated alkanes) is 4. The van der Waals surface area contributed by atoms with Crippen LogP contribution in [0.3, 0.4) is 0 Å². The van der Waals surface area contributed by atoms with Crippen molar-refractivity contribution in [2.24, 2.45) is 0 Å². The fourth-order valence-electron chi connectivity index (χ4n) is 3.45. The molecule has 0 N–H and O–H groups in total. The van der Waals surface area contributed by atoms with Gasteiger partial charge in [0.2, 0.25) is 0 Å². The number of hydrogen-bond donors (Lipinski definition) is 0. The maximum Gasteiger partial charge on any atom is 0.305 e. The third-order valence-corrected chi connectivity index (χ3v) is 11.1. The number of ketones is 1. The Kier molecular flexibility index (Phi) is 11.3. The molecule has 5 heteroatoms. The number of carbonyl (C=O) groups is 2. The minimum Gasteiger partial charge on any atom is -0.469 e. The Bertz CT molecular complexity index is 626. The number of allylic oxidation sites excluding steroid dienone is 3. The summed E-state index contributed by atoms with van der Waals surface area (Å²) in [7, 11) is -0.373. The molecule has 0 fully saturated rings. The zero-order chi connectivity index (χ0) is 22.8. The quantitative estimate of drug-likeness (QED) is 0.179. The largest absolute Gasteiger partial charge is 0.469 e. The molecule has 0 amide bonds. The number of hydrogen-bond acceptors (Lipinski definition) is 4. The molecule has 0 aromatic carbocycles. The van der Waals surface area contributed by atoms with E-state index in [1.165, 1.54) is 12.7 Å². The molecule has 0 aliphatic heterocycles. The van der Waals surface area contributed by atoms with E-state index >= 15 is 0 Å². The fraction of sp³-hybridized carbons (Fsp3) is 0.760. The maximum absolute atomic E-state index is 12.4. The second-order valence-corrected chi connectivity index (χ2v) is 14.7. The zero-order valence-electron chi connectivity index (χ0n) is 20.4. The molecule has 0 radical (unpaired) electrons. The normalized spacial score (nSPS) is 16.6. The van der Waals surface area contributed by atoms with Crippen LogP contribution in [-0.4, -0.2) is 33.3 Å². The standard InChI is InChI=1S/C25H44O4Si/c1-8-21(29-30(6,7)25(2,3)4)18-16-20-17-19-23(26)22(20)14-12-10-9-11-13-15-24(27)28-5/h16,18,21H,8-15,17,19H2,1-7H3/b18-16+. The molecule has 0 saturated heterocycles. The van der Waals surface area contributed by atoms with Crippen LogP contribution in [0.1, 0.15) is 91.9 Å². The summed E-state index contributed by atoms with van der Waals surface area (Å²) < 4.78 is 11.2. The topological polar surface area (TPSA) is 52.6 Å². The van der Waals surface area contributed by atoms with Crippen molar-refractivity contribution in [2.45, 2.75) is 116 Å². The van der Waals surface area contributed by atoms with Crippen LogP contribution in [0.4, 0.5) is 0 Å². The van der Waals surface area contributed by atoms with Crippen molar-refractivity contribution >= 4 is 20.1 Å². The van der Waals surface area contributed by atoms with Crippen LogP contribution >= 0.6 is 0 Å². The van der Waals surface area contributed by atoms with Crippen molar-refractivity contribution in [3.63, 3.8) is 0 Å². The van der Waals surface area contributed by atoms with E-state index in [2.05, 4.69) is 57.7 Å². The molecule has 1 rings (SSSR count). The highest BCUT2D eigenvalue weighted by Gasteiger charge is 2.38. The Hall–Kier alpha value is -1.20. The number of rotatable bonds is 13. The lowest BCUT2D eigenvalue weighted by Crippen LogP contribution is -2.43. The number of esters is 1. The molecule has 172 valence electrons. The SMILES string of the molecule is CCC(/C=C/C1=C(CCCCCCCC(=O)OC)C(=O)CC1)O[Si](C)(C)C(C)(C)C. The Labute approximate surface area is 185 Å². The summed E-state index contributed by atoms with van der Waals surface area (Å²) in [5.74, 6) is 0.190. The van der Waals surface area contributed by atoms with Gasteiger partial charge in [0.25, 0.3) is 0 Å². The van der Waals surface area contributed by atoms with Crippen LogP contribution in [-0.2, 0) is 18.8 Å². The molecule has 0 aromatic heterocycles. The smallest absolute Gasteiger partial charge is 0.305 e. The van der Waals surface area contributed by atoms with E-state index < -0.39 is 8.32 Å². The summed E-state index contributed by atoms with van der Waals surface area (Å²) in [6.45, 7) is 13.5. The molecule has 30 heavy (non-hydrogen) atoms. The summed E-state index contributed by atoms with van der Waals surface area (Å²) in [5, 5.41) is 0.193. The van der Waals surface area contributed by atoms with Gasteiger partial charge < -0.3 is 9.16 Å². The van der Waals surface area contributed by atoms with E-state index in [4.69, 9.17) is 4.43 Å². The molecule has 4 nitrogen and oxygen atoms in total. The van der Waals surface area contributed by atoms with Crippen molar-refractivity contribution in [1.29, 1.82) is 0 Å². The van der Waals surface area contributed by atoms with Crippen molar-refractivity contribution in [2.75, 3.05) is 7.11 Å². The second kappa shape index (κ2) is 12.6. The number of ether oxygens (including phenoxy) is 1. The number of Topliss-reactive ketones (excluding diaryl/α,β-unsaturated/α-hetero) is 1. The van der Waals surface area contributed by atoms with E-state index in [0.29, 0.717) is 18.6 Å². The molecule has 0 saturated carbocycles. The third-order valence-electron chi connectivity index (χ3n) is 6.55. The van der Waals surface area contributed by atoms with E-state index in [1.54, 1.807) is 0 Å². The number of methoxy groups -OCH3 is 1. The molecule has 0 spiro atoms. The first-order valence-electron chi connectivity index (χ1n) is 11.7. The Morgan fingerprint density at radius 2 is 1.73 bits per heavy atom. The Balaban J connectivity index is 2.57. The van der Waals surface area contributed by atoms with Gasteiger partial charge in [0, 0.05) is 12.8 Å². The summed E-state index contributed by atoms with van der Waals surface area (Å²) in [5.41, 5.74) is 2.24. The van der Waals surface area contributed by atoms with Crippen molar-refractivity contribution in [1.82, 2.24) is 0 Å². The fourth-order valence-corrected chi connectivity index (χ4v) is 4.81. The molecule has 0 aromatic rings. The predicted octanol–water partition coefficient (Wildman–Crippen LogP) is 6.91. The lowest BCUT2D eigenvalue weighted by molar-refractivity contribution is -0.140. The highest BCUT2D eigenvalue weighted by atomic mass is 28.4. The molecule has 1 aliphatic rings. The van der Waals surface area contributed by atoms with Crippen LogP contribution in [0.2, 0.25) is 18.1 Å². The summed E-state index contributed by atoms with van der Waals surface area (Å²) in [6.07, 6.45) is 13.5. The number of carbonyl (C=O) groups excluding carboxylic acids is 2. The Morgan fingerprint density at radius 3 is 2.33 bits per heavy atom.